The Balaban J connectivity index is 0.975. The summed E-state index contributed by atoms with van der Waals surface area (Å²) >= 11 is 3.51. The highest BCUT2D eigenvalue weighted by atomic mass is 32.1. The van der Waals surface area contributed by atoms with Crippen LogP contribution < -0.4 is 9.80 Å². The molecule has 0 aliphatic carbocycles. The molecule has 2 aliphatic heterocycles. The van der Waals surface area contributed by atoms with Gasteiger partial charge < -0.3 is 14.7 Å². The molecule has 312 valence electrons. The van der Waals surface area contributed by atoms with Gasteiger partial charge in [0.1, 0.15) is 16.6 Å². The number of benzene rings is 4. The van der Waals surface area contributed by atoms with Crippen LogP contribution in [0, 0.1) is 11.6 Å². The molecule has 61 heavy (non-hydrogen) atoms. The first-order valence-electron chi connectivity index (χ1n) is 21.6. The monoisotopic (exact) mass is 852 g/mol. The molecule has 0 bridgehead atoms. The summed E-state index contributed by atoms with van der Waals surface area (Å²) in [7, 11) is 2.21. The van der Waals surface area contributed by atoms with Gasteiger partial charge in [-0.2, -0.15) is 0 Å². The molecule has 2 unspecified atom stereocenters. The van der Waals surface area contributed by atoms with Gasteiger partial charge in [0.05, 0.1) is 67.5 Å². The van der Waals surface area contributed by atoms with Crippen LogP contribution in [-0.2, 0) is 13.1 Å². The third kappa shape index (κ3) is 8.55. The third-order valence-corrected chi connectivity index (χ3v) is 14.7. The van der Waals surface area contributed by atoms with Gasteiger partial charge in [0.15, 0.2) is 0 Å². The molecule has 2 aliphatic rings. The summed E-state index contributed by atoms with van der Waals surface area (Å²) in [4.78, 5) is 30.2. The molecule has 4 aromatic carbocycles. The average molecular weight is 853 g/mol. The molecule has 8 nitrogen and oxygen atoms in total. The van der Waals surface area contributed by atoms with Crippen LogP contribution in [0.25, 0.3) is 42.2 Å². The van der Waals surface area contributed by atoms with E-state index in [2.05, 4.69) is 75.0 Å². The van der Waals surface area contributed by atoms with Crippen molar-refractivity contribution in [2.24, 2.45) is 0 Å². The lowest BCUT2D eigenvalue weighted by atomic mass is 9.94. The number of aromatic nitrogens is 4. The van der Waals surface area contributed by atoms with E-state index in [4.69, 9.17) is 15.0 Å². The standard InChI is InChI=1S/C49H50F2N8S2/c1-3-4-20-57-23-19-41(59(39-11-15-44-47(27-39)60-31-52-44)30-37-10-6-33-25-35(51)8-14-43(33)54-37)26-46(57)49-55-45-16-12-40(28-48(45)61-49)58(38-17-21-56(2)22-18-38)29-36-9-5-32-24-34(50)7-13-42(32)53-36/h5-16,24-25,27-28,31,38,41,46H,3-4,17-23,26,29-30H2,1-2H3. The van der Waals surface area contributed by atoms with Crippen LogP contribution in [0.5, 0.6) is 0 Å². The third-order valence-electron chi connectivity index (χ3n) is 12.8. The first-order chi connectivity index (χ1) is 29.8. The molecule has 2 fully saturated rings. The van der Waals surface area contributed by atoms with E-state index in [1.807, 2.05) is 41.1 Å². The molecule has 4 aromatic heterocycles. The summed E-state index contributed by atoms with van der Waals surface area (Å²) < 4.78 is 30.5. The van der Waals surface area contributed by atoms with Crippen LogP contribution in [0.4, 0.5) is 20.2 Å². The Morgan fingerprint density at radius 3 is 1.93 bits per heavy atom. The van der Waals surface area contributed by atoms with Crippen LogP contribution in [0.15, 0.2) is 103 Å². The summed E-state index contributed by atoms with van der Waals surface area (Å²) in [6.07, 6.45) is 6.41. The van der Waals surface area contributed by atoms with E-state index in [0.717, 1.165) is 109 Å². The number of piperidine rings is 2. The van der Waals surface area contributed by atoms with Gasteiger partial charge in [-0.3, -0.25) is 14.9 Å². The number of halogens is 2. The lowest BCUT2D eigenvalue weighted by Gasteiger charge is -2.44. The number of pyridine rings is 2. The number of anilines is 2. The average Bonchev–Trinajstić information content (AvgIpc) is 3.94. The predicted octanol–water partition coefficient (Wildman–Crippen LogP) is 11.4. The van der Waals surface area contributed by atoms with Crippen molar-refractivity contribution in [3.05, 3.63) is 131 Å². The molecule has 2 saturated heterocycles. The van der Waals surface area contributed by atoms with Crippen molar-refractivity contribution < 1.29 is 8.78 Å². The summed E-state index contributed by atoms with van der Waals surface area (Å²) in [5.41, 5.74) is 9.89. The predicted molar refractivity (Wildman–Crippen MR) is 248 cm³/mol. The zero-order chi connectivity index (χ0) is 41.5. The molecular weight excluding hydrogens is 803 g/mol. The fourth-order valence-corrected chi connectivity index (χ4v) is 11.3. The summed E-state index contributed by atoms with van der Waals surface area (Å²) in [6, 6.07) is 32.0. The SMILES string of the molecule is CCCCN1CCC(N(Cc2ccc3cc(F)ccc3n2)c2ccc3ncsc3c2)CC1c1nc2ccc(N(Cc3ccc4cc(F)ccc4n3)C3CCN(C)CC3)cc2s1. The quantitative estimate of drug-likeness (QED) is 0.120. The van der Waals surface area contributed by atoms with Crippen LogP contribution in [0.2, 0.25) is 0 Å². The van der Waals surface area contributed by atoms with E-state index in [-0.39, 0.29) is 23.7 Å². The number of rotatable bonds is 12. The zero-order valence-corrected chi connectivity index (χ0v) is 36.3. The number of fused-ring (bicyclic) bond motifs is 4. The van der Waals surface area contributed by atoms with Crippen molar-refractivity contribution in [1.82, 2.24) is 29.7 Å². The topological polar surface area (TPSA) is 64.5 Å². The Morgan fingerprint density at radius 1 is 0.656 bits per heavy atom. The van der Waals surface area contributed by atoms with Gasteiger partial charge in [0.25, 0.3) is 0 Å². The maximum Gasteiger partial charge on any atom is 0.123 e. The Hall–Kier alpha value is -5.14. The summed E-state index contributed by atoms with van der Waals surface area (Å²) in [5.74, 6) is -0.491. The van der Waals surface area contributed by atoms with Gasteiger partial charge >= 0.3 is 0 Å². The fourth-order valence-electron chi connectivity index (χ4n) is 9.41. The summed E-state index contributed by atoms with van der Waals surface area (Å²) in [5, 5.41) is 2.80. The Kier molecular flexibility index (Phi) is 11.3. The Morgan fingerprint density at radius 2 is 1.26 bits per heavy atom. The molecule has 12 heteroatoms. The molecule has 0 amide bonds. The molecule has 2 atom stereocenters. The molecule has 0 radical (unpaired) electrons. The maximum absolute atomic E-state index is 14.1. The van der Waals surface area contributed by atoms with Crippen LogP contribution in [-0.4, -0.2) is 75.0 Å². The van der Waals surface area contributed by atoms with Gasteiger partial charge in [0.2, 0.25) is 0 Å². The first kappa shape index (κ1) is 40.0. The second-order valence-corrected chi connectivity index (χ2v) is 18.8. The number of thiazole rings is 2. The second kappa shape index (κ2) is 17.3. The molecule has 10 rings (SSSR count). The highest BCUT2D eigenvalue weighted by Gasteiger charge is 2.35. The highest BCUT2D eigenvalue weighted by Crippen LogP contribution is 2.41. The number of unbranched alkanes of at least 4 members (excludes halogenated alkanes) is 1. The van der Waals surface area contributed by atoms with Crippen molar-refractivity contribution >= 4 is 76.3 Å². The number of nitrogens with zero attached hydrogens (tertiary/aromatic N) is 8. The minimum absolute atomic E-state index is 0.171. The lowest BCUT2D eigenvalue weighted by molar-refractivity contribution is 0.130. The lowest BCUT2D eigenvalue weighted by Crippen LogP contribution is -2.46. The van der Waals surface area contributed by atoms with E-state index in [0.29, 0.717) is 19.1 Å². The van der Waals surface area contributed by atoms with E-state index >= 15 is 0 Å². The number of hydrogen-bond donors (Lipinski definition) is 0. The Bertz CT molecular complexity index is 2820. The van der Waals surface area contributed by atoms with Crippen molar-refractivity contribution in [2.75, 3.05) is 43.0 Å². The molecule has 0 saturated carbocycles. The molecule has 0 N–H and O–H groups in total. The second-order valence-electron chi connectivity index (χ2n) is 16.9. The van der Waals surface area contributed by atoms with Crippen LogP contribution in [0.1, 0.15) is 67.9 Å². The van der Waals surface area contributed by atoms with Gasteiger partial charge in [-0.15, -0.1) is 22.7 Å². The zero-order valence-electron chi connectivity index (χ0n) is 34.7. The van der Waals surface area contributed by atoms with Gasteiger partial charge in [0, 0.05) is 40.8 Å². The maximum atomic E-state index is 14.1. The largest absolute Gasteiger partial charge is 0.363 e. The number of hydrogen-bond acceptors (Lipinski definition) is 10. The van der Waals surface area contributed by atoms with Gasteiger partial charge in [-0.1, -0.05) is 25.5 Å². The first-order valence-corrected chi connectivity index (χ1v) is 23.3. The molecule has 8 aromatic rings. The summed E-state index contributed by atoms with van der Waals surface area (Å²) in [6.45, 7) is 7.73. The smallest absolute Gasteiger partial charge is 0.123 e. The highest BCUT2D eigenvalue weighted by molar-refractivity contribution is 7.18. The number of likely N-dealkylation sites (tertiary alicyclic amines) is 2. The van der Waals surface area contributed by atoms with Crippen molar-refractivity contribution in [1.29, 1.82) is 0 Å². The minimum atomic E-state index is -0.249. The van der Waals surface area contributed by atoms with Crippen LogP contribution >= 0.6 is 22.7 Å². The molecule has 0 spiro atoms. The Labute approximate surface area is 363 Å². The van der Waals surface area contributed by atoms with Gasteiger partial charge in [-0.05, 0) is 144 Å². The van der Waals surface area contributed by atoms with E-state index < -0.39 is 0 Å². The normalized spacial score (nSPS) is 18.2. The van der Waals surface area contributed by atoms with Crippen molar-refractivity contribution in [2.45, 2.75) is 76.7 Å². The van der Waals surface area contributed by atoms with Crippen molar-refractivity contribution in [3.63, 3.8) is 0 Å². The van der Waals surface area contributed by atoms with Crippen molar-refractivity contribution in [3.8, 4) is 0 Å². The van der Waals surface area contributed by atoms with E-state index in [1.165, 1.54) is 37.9 Å². The minimum Gasteiger partial charge on any atom is -0.363 e. The van der Waals surface area contributed by atoms with Crippen LogP contribution in [0.3, 0.4) is 0 Å². The van der Waals surface area contributed by atoms with Gasteiger partial charge in [-0.25, -0.2) is 18.7 Å². The molecule has 6 heterocycles. The van der Waals surface area contributed by atoms with E-state index in [9.17, 15) is 8.78 Å². The van der Waals surface area contributed by atoms with E-state index in [1.54, 1.807) is 35.6 Å². The molecular formula is C49H50F2N8S2. The fraction of sp³-hybridized carbons (Fsp3) is 0.347.